The van der Waals surface area contributed by atoms with Gasteiger partial charge in [0.1, 0.15) is 9.84 Å². The molecule has 0 aliphatic heterocycles. The highest BCUT2D eigenvalue weighted by Gasteiger charge is 2.33. The van der Waals surface area contributed by atoms with Crippen molar-refractivity contribution in [3.8, 4) is 0 Å². The molecule has 1 aliphatic carbocycles. The zero-order valence-corrected chi connectivity index (χ0v) is 12.5. The van der Waals surface area contributed by atoms with Crippen LogP contribution in [0.4, 0.5) is 0 Å². The molecule has 0 aromatic carbocycles. The Balaban J connectivity index is 2.15. The molecule has 1 aliphatic rings. The van der Waals surface area contributed by atoms with Gasteiger partial charge in [-0.3, -0.25) is 4.68 Å². The monoisotopic (exact) mass is 286 g/mol. The van der Waals surface area contributed by atoms with Crippen LogP contribution < -0.4 is 0 Å². The van der Waals surface area contributed by atoms with E-state index in [1.807, 2.05) is 20.2 Å². The maximum atomic E-state index is 11.7. The van der Waals surface area contributed by atoms with Crippen molar-refractivity contribution in [2.75, 3.05) is 6.26 Å². The fourth-order valence-electron chi connectivity index (χ4n) is 3.02. The number of aryl methyl sites for hydroxylation is 2. The fraction of sp³-hybridized carbons (Fsp3) is 0.769. The van der Waals surface area contributed by atoms with E-state index in [2.05, 4.69) is 5.10 Å². The Morgan fingerprint density at radius 1 is 1.47 bits per heavy atom. The second-order valence-corrected chi connectivity index (χ2v) is 7.99. The first-order valence-electron chi connectivity index (χ1n) is 6.66. The summed E-state index contributed by atoms with van der Waals surface area (Å²) in [6.07, 6.45) is 5.51. The summed E-state index contributed by atoms with van der Waals surface area (Å²) in [5, 5.41) is 14.4. The number of sulfone groups is 1. The molecule has 1 aromatic heterocycles. The van der Waals surface area contributed by atoms with Crippen molar-refractivity contribution < 1.29 is 13.5 Å². The molecule has 108 valence electrons. The molecule has 1 aromatic rings. The summed E-state index contributed by atoms with van der Waals surface area (Å²) < 4.78 is 25.0. The first-order valence-corrected chi connectivity index (χ1v) is 8.61. The van der Waals surface area contributed by atoms with E-state index in [9.17, 15) is 13.5 Å². The molecule has 19 heavy (non-hydrogen) atoms. The van der Waals surface area contributed by atoms with E-state index in [0.29, 0.717) is 12.8 Å². The Bertz CT molecular complexity index is 550. The van der Waals surface area contributed by atoms with Gasteiger partial charge < -0.3 is 5.11 Å². The molecule has 1 saturated carbocycles. The van der Waals surface area contributed by atoms with Crippen molar-refractivity contribution in [3.63, 3.8) is 0 Å². The van der Waals surface area contributed by atoms with Gasteiger partial charge >= 0.3 is 0 Å². The zero-order valence-electron chi connectivity index (χ0n) is 11.7. The van der Waals surface area contributed by atoms with Gasteiger partial charge in [0.15, 0.2) is 0 Å². The molecule has 0 amide bonds. The van der Waals surface area contributed by atoms with E-state index in [1.54, 1.807) is 4.68 Å². The van der Waals surface area contributed by atoms with E-state index in [0.717, 1.165) is 24.1 Å². The molecule has 0 saturated heterocycles. The maximum absolute atomic E-state index is 11.7. The Morgan fingerprint density at radius 2 is 2.16 bits per heavy atom. The lowest BCUT2D eigenvalue weighted by Crippen LogP contribution is -2.30. The highest BCUT2D eigenvalue weighted by molar-refractivity contribution is 7.91. The average molecular weight is 286 g/mol. The normalized spacial score (nSPS) is 26.3. The molecule has 1 heterocycles. The largest absolute Gasteiger partial charge is 0.388 e. The number of hydrogen-bond donors (Lipinski definition) is 1. The number of aliphatic hydroxyl groups is 1. The second kappa shape index (κ2) is 5.25. The molecule has 3 atom stereocenters. The standard InChI is InChI=1S/C13H22N2O3S/c1-9-12(8-15(2)14-9)13(16)10-5-4-6-11(7-10)19(3,17)18/h8,10-11,13,16H,4-7H2,1-3H3. The Kier molecular flexibility index (Phi) is 4.01. The Labute approximate surface area is 114 Å². The summed E-state index contributed by atoms with van der Waals surface area (Å²) in [6, 6.07) is 0. The molecule has 0 bridgehead atoms. The Morgan fingerprint density at radius 3 is 2.68 bits per heavy atom. The lowest BCUT2D eigenvalue weighted by molar-refractivity contribution is 0.0851. The predicted octanol–water partition coefficient (Wildman–Crippen LogP) is 1.37. The molecular formula is C13H22N2O3S. The number of aromatic nitrogens is 2. The summed E-state index contributed by atoms with van der Waals surface area (Å²) in [5.74, 6) is 0.0105. The zero-order chi connectivity index (χ0) is 14.2. The number of aliphatic hydroxyl groups excluding tert-OH is 1. The SMILES string of the molecule is Cc1nn(C)cc1C(O)C1CCCC(S(C)(=O)=O)C1. The molecule has 6 heteroatoms. The van der Waals surface area contributed by atoms with Crippen LogP contribution in [-0.2, 0) is 16.9 Å². The fourth-order valence-corrected chi connectivity index (χ4v) is 4.21. The minimum absolute atomic E-state index is 0.0105. The van der Waals surface area contributed by atoms with Crippen LogP contribution in [0.1, 0.15) is 43.0 Å². The van der Waals surface area contributed by atoms with Gasteiger partial charge in [-0.25, -0.2) is 8.42 Å². The first kappa shape index (κ1) is 14.5. The molecule has 3 unspecified atom stereocenters. The lowest BCUT2D eigenvalue weighted by Gasteiger charge is -2.31. The summed E-state index contributed by atoms with van der Waals surface area (Å²) in [5.41, 5.74) is 1.64. The van der Waals surface area contributed by atoms with Gasteiger partial charge in [0.25, 0.3) is 0 Å². The third-order valence-electron chi connectivity index (χ3n) is 4.09. The van der Waals surface area contributed by atoms with Crippen molar-refractivity contribution in [1.29, 1.82) is 0 Å². The third-order valence-corrected chi connectivity index (χ3v) is 5.73. The van der Waals surface area contributed by atoms with E-state index in [1.165, 1.54) is 6.26 Å². The maximum Gasteiger partial charge on any atom is 0.150 e. The van der Waals surface area contributed by atoms with Gasteiger partial charge in [0.05, 0.1) is 17.0 Å². The second-order valence-electron chi connectivity index (χ2n) is 5.67. The van der Waals surface area contributed by atoms with Crippen LogP contribution in [0.15, 0.2) is 6.20 Å². The predicted molar refractivity (Wildman–Crippen MR) is 73.5 cm³/mol. The van der Waals surface area contributed by atoms with E-state index in [4.69, 9.17) is 0 Å². The average Bonchev–Trinajstić information content (AvgIpc) is 2.66. The van der Waals surface area contributed by atoms with Crippen LogP contribution in [0, 0.1) is 12.8 Å². The molecule has 0 radical (unpaired) electrons. The van der Waals surface area contributed by atoms with Gasteiger partial charge in [-0.2, -0.15) is 5.10 Å². The van der Waals surface area contributed by atoms with Gasteiger partial charge in [0, 0.05) is 25.1 Å². The molecule has 5 nitrogen and oxygen atoms in total. The minimum Gasteiger partial charge on any atom is -0.388 e. The van der Waals surface area contributed by atoms with Crippen molar-refractivity contribution in [3.05, 3.63) is 17.5 Å². The minimum atomic E-state index is -3.01. The molecule has 2 rings (SSSR count). The number of rotatable bonds is 3. The van der Waals surface area contributed by atoms with Gasteiger partial charge in [-0.05, 0) is 32.1 Å². The van der Waals surface area contributed by atoms with Gasteiger partial charge in [-0.1, -0.05) is 6.42 Å². The molecular weight excluding hydrogens is 264 g/mol. The van der Waals surface area contributed by atoms with Crippen LogP contribution in [0.3, 0.4) is 0 Å². The highest BCUT2D eigenvalue weighted by Crippen LogP contribution is 2.37. The third kappa shape index (κ3) is 3.17. The highest BCUT2D eigenvalue weighted by atomic mass is 32.2. The summed E-state index contributed by atoms with van der Waals surface area (Å²) in [7, 11) is -1.19. The van der Waals surface area contributed by atoms with Crippen LogP contribution in [0.2, 0.25) is 0 Å². The van der Waals surface area contributed by atoms with Gasteiger partial charge in [-0.15, -0.1) is 0 Å². The van der Waals surface area contributed by atoms with Crippen LogP contribution in [-0.4, -0.2) is 34.8 Å². The summed E-state index contributed by atoms with van der Waals surface area (Å²) in [6.45, 7) is 1.87. The first-order chi connectivity index (χ1) is 8.79. The van der Waals surface area contributed by atoms with Crippen molar-refractivity contribution in [1.82, 2.24) is 9.78 Å². The lowest BCUT2D eigenvalue weighted by atomic mass is 9.82. The van der Waals surface area contributed by atoms with Crippen LogP contribution in [0.5, 0.6) is 0 Å². The van der Waals surface area contributed by atoms with E-state index in [-0.39, 0.29) is 11.2 Å². The number of nitrogens with zero attached hydrogens (tertiary/aromatic N) is 2. The number of hydrogen-bond acceptors (Lipinski definition) is 4. The Hall–Kier alpha value is -0.880. The van der Waals surface area contributed by atoms with E-state index < -0.39 is 15.9 Å². The quantitative estimate of drug-likeness (QED) is 0.911. The molecule has 1 N–H and O–H groups in total. The topological polar surface area (TPSA) is 72.2 Å². The van der Waals surface area contributed by atoms with Crippen LogP contribution in [0.25, 0.3) is 0 Å². The molecule has 1 fully saturated rings. The summed E-state index contributed by atoms with van der Waals surface area (Å²) >= 11 is 0. The van der Waals surface area contributed by atoms with Gasteiger partial charge in [0.2, 0.25) is 0 Å². The van der Waals surface area contributed by atoms with Crippen molar-refractivity contribution in [2.45, 2.75) is 44.0 Å². The van der Waals surface area contributed by atoms with Crippen molar-refractivity contribution in [2.24, 2.45) is 13.0 Å². The van der Waals surface area contributed by atoms with Crippen LogP contribution >= 0.6 is 0 Å². The summed E-state index contributed by atoms with van der Waals surface area (Å²) in [4.78, 5) is 0. The molecule has 0 spiro atoms. The smallest absolute Gasteiger partial charge is 0.150 e. The van der Waals surface area contributed by atoms with E-state index >= 15 is 0 Å². The van der Waals surface area contributed by atoms with Crippen molar-refractivity contribution >= 4 is 9.84 Å².